The first kappa shape index (κ1) is 14.9. The highest BCUT2D eigenvalue weighted by atomic mass is 35.5. The van der Waals surface area contributed by atoms with Gasteiger partial charge in [-0.25, -0.2) is 9.18 Å². The van der Waals surface area contributed by atoms with Gasteiger partial charge in [-0.1, -0.05) is 17.7 Å². The van der Waals surface area contributed by atoms with Crippen molar-refractivity contribution < 1.29 is 9.18 Å². The zero-order valence-corrected chi connectivity index (χ0v) is 12.9. The van der Waals surface area contributed by atoms with Crippen LogP contribution in [-0.2, 0) is 6.42 Å². The minimum absolute atomic E-state index is 0.0529. The van der Waals surface area contributed by atoms with Crippen LogP contribution in [0.4, 0.5) is 20.6 Å². The van der Waals surface area contributed by atoms with Crippen molar-refractivity contribution in [2.24, 2.45) is 0 Å². The molecule has 0 bridgehead atoms. The summed E-state index contributed by atoms with van der Waals surface area (Å²) >= 11 is 5.93. The van der Waals surface area contributed by atoms with Crippen LogP contribution in [-0.4, -0.2) is 12.1 Å². The summed E-state index contributed by atoms with van der Waals surface area (Å²) < 4.78 is 13.4. The number of amides is 2. The number of fused-ring (bicyclic) bond motifs is 1. The van der Waals surface area contributed by atoms with E-state index >= 15 is 0 Å². The Hall–Kier alpha value is -2.07. The number of nitrogens with zero attached hydrogens (tertiary/aromatic N) is 1. The van der Waals surface area contributed by atoms with Gasteiger partial charge >= 0.3 is 6.03 Å². The molecule has 1 aliphatic heterocycles. The van der Waals surface area contributed by atoms with Gasteiger partial charge in [0.1, 0.15) is 5.82 Å². The molecule has 0 unspecified atom stereocenters. The molecule has 5 heteroatoms. The lowest BCUT2D eigenvalue weighted by atomic mass is 9.97. The Morgan fingerprint density at radius 1 is 1.32 bits per heavy atom. The highest BCUT2D eigenvalue weighted by Crippen LogP contribution is 2.32. The van der Waals surface area contributed by atoms with Crippen LogP contribution in [0.25, 0.3) is 0 Å². The molecule has 3 nitrogen and oxygen atoms in total. The Balaban J connectivity index is 1.89. The minimum Gasteiger partial charge on any atom is -0.307 e. The van der Waals surface area contributed by atoms with Crippen molar-refractivity contribution >= 4 is 29.0 Å². The van der Waals surface area contributed by atoms with Gasteiger partial charge in [0.05, 0.1) is 0 Å². The van der Waals surface area contributed by atoms with Crippen molar-refractivity contribution in [3.63, 3.8) is 0 Å². The molecule has 22 heavy (non-hydrogen) atoms. The van der Waals surface area contributed by atoms with E-state index in [1.54, 1.807) is 35.2 Å². The largest absolute Gasteiger partial charge is 0.326 e. The monoisotopic (exact) mass is 318 g/mol. The summed E-state index contributed by atoms with van der Waals surface area (Å²) in [6, 6.07) is 11.4. The molecule has 0 aliphatic carbocycles. The molecule has 2 amide bonds. The molecule has 0 spiro atoms. The molecule has 0 fully saturated rings. The first-order valence-electron chi connectivity index (χ1n) is 7.19. The summed E-state index contributed by atoms with van der Waals surface area (Å²) in [7, 11) is 0. The van der Waals surface area contributed by atoms with E-state index in [4.69, 9.17) is 11.6 Å². The van der Waals surface area contributed by atoms with Gasteiger partial charge in [0.2, 0.25) is 0 Å². The van der Waals surface area contributed by atoms with Crippen LogP contribution in [0.1, 0.15) is 18.9 Å². The molecule has 1 aliphatic rings. The van der Waals surface area contributed by atoms with E-state index < -0.39 is 0 Å². The van der Waals surface area contributed by atoms with Crippen molar-refractivity contribution in [2.45, 2.75) is 25.8 Å². The van der Waals surface area contributed by atoms with Gasteiger partial charge in [-0.2, -0.15) is 0 Å². The lowest BCUT2D eigenvalue weighted by Crippen LogP contribution is -2.44. The Kier molecular flexibility index (Phi) is 4.03. The smallest absolute Gasteiger partial charge is 0.307 e. The molecule has 0 saturated carbocycles. The minimum atomic E-state index is -0.275. The average Bonchev–Trinajstić information content (AvgIpc) is 2.47. The summed E-state index contributed by atoms with van der Waals surface area (Å²) in [4.78, 5) is 14.3. The second-order valence-corrected chi connectivity index (χ2v) is 5.91. The molecule has 1 atom stereocenters. The average molecular weight is 319 g/mol. The molecular formula is C17H16ClFN2O. The third-order valence-electron chi connectivity index (χ3n) is 3.87. The maximum atomic E-state index is 13.4. The van der Waals surface area contributed by atoms with Crippen LogP contribution in [0.15, 0.2) is 42.5 Å². The number of hydrogen-bond donors (Lipinski definition) is 1. The van der Waals surface area contributed by atoms with E-state index in [-0.39, 0.29) is 17.9 Å². The topological polar surface area (TPSA) is 32.3 Å². The number of aryl methyl sites for hydroxylation is 1. The summed E-state index contributed by atoms with van der Waals surface area (Å²) in [5, 5.41) is 3.41. The Morgan fingerprint density at radius 2 is 2.14 bits per heavy atom. The van der Waals surface area contributed by atoms with E-state index in [1.807, 2.05) is 6.92 Å². The van der Waals surface area contributed by atoms with E-state index in [9.17, 15) is 9.18 Å². The molecule has 2 aromatic carbocycles. The number of halogens is 2. The molecule has 1 heterocycles. The predicted octanol–water partition coefficient (Wildman–Crippen LogP) is 4.85. The third-order valence-corrected chi connectivity index (χ3v) is 4.10. The fourth-order valence-electron chi connectivity index (χ4n) is 2.78. The first-order valence-corrected chi connectivity index (χ1v) is 7.56. The summed E-state index contributed by atoms with van der Waals surface area (Å²) in [6.45, 7) is 1.99. The fourth-order valence-corrected chi connectivity index (χ4v) is 2.97. The number of benzene rings is 2. The maximum Gasteiger partial charge on any atom is 0.326 e. The van der Waals surface area contributed by atoms with E-state index in [0.29, 0.717) is 10.7 Å². The highest BCUT2D eigenvalue weighted by molar-refractivity contribution is 6.30. The van der Waals surface area contributed by atoms with Gasteiger partial charge in [0, 0.05) is 22.4 Å². The van der Waals surface area contributed by atoms with Crippen LogP contribution in [0, 0.1) is 5.82 Å². The lowest BCUT2D eigenvalue weighted by molar-refractivity contribution is 0.254. The number of carbonyl (C=O) groups excluding carboxylic acids is 1. The van der Waals surface area contributed by atoms with Gasteiger partial charge in [-0.05, 0) is 61.7 Å². The molecule has 114 valence electrons. The number of nitrogens with one attached hydrogen (secondary N) is 1. The van der Waals surface area contributed by atoms with Crippen molar-refractivity contribution in [2.75, 3.05) is 10.2 Å². The summed E-state index contributed by atoms with van der Waals surface area (Å²) in [5.74, 6) is -0.275. The van der Waals surface area contributed by atoms with Crippen molar-refractivity contribution in [1.29, 1.82) is 0 Å². The maximum absolute atomic E-state index is 13.4. The Morgan fingerprint density at radius 3 is 2.91 bits per heavy atom. The van der Waals surface area contributed by atoms with E-state index in [0.717, 1.165) is 24.1 Å². The van der Waals surface area contributed by atoms with Crippen LogP contribution in [0.3, 0.4) is 0 Å². The standard InChI is InChI=1S/C17H16ClFN2O/c1-11-5-6-12-9-14(19)7-8-16(12)21(11)17(22)20-15-4-2-3-13(18)10-15/h2-4,7-11H,5-6H2,1H3,(H,20,22)/t11-/m1/s1. The van der Waals surface area contributed by atoms with Crippen LogP contribution < -0.4 is 10.2 Å². The quantitative estimate of drug-likeness (QED) is 0.800. The number of carbonyl (C=O) groups is 1. The third kappa shape index (κ3) is 2.92. The van der Waals surface area contributed by atoms with Crippen molar-refractivity contribution in [3.8, 4) is 0 Å². The Bertz CT molecular complexity index is 720. The Labute approximate surface area is 133 Å². The zero-order valence-electron chi connectivity index (χ0n) is 12.1. The normalized spacial score (nSPS) is 17.0. The van der Waals surface area contributed by atoms with Gasteiger partial charge in [0.25, 0.3) is 0 Å². The second kappa shape index (κ2) is 5.97. The van der Waals surface area contributed by atoms with Gasteiger partial charge in [-0.3, -0.25) is 4.90 Å². The van der Waals surface area contributed by atoms with Crippen molar-refractivity contribution in [1.82, 2.24) is 0 Å². The number of rotatable bonds is 1. The molecule has 1 N–H and O–H groups in total. The van der Waals surface area contributed by atoms with Crippen LogP contribution in [0.5, 0.6) is 0 Å². The molecule has 3 rings (SSSR count). The molecule has 0 radical (unpaired) electrons. The predicted molar refractivity (Wildman–Crippen MR) is 87.1 cm³/mol. The van der Waals surface area contributed by atoms with Gasteiger partial charge in [-0.15, -0.1) is 0 Å². The van der Waals surface area contributed by atoms with Crippen LogP contribution in [0.2, 0.25) is 5.02 Å². The molecule has 2 aromatic rings. The molecular weight excluding hydrogens is 303 g/mol. The first-order chi connectivity index (χ1) is 10.5. The van der Waals surface area contributed by atoms with Crippen molar-refractivity contribution in [3.05, 3.63) is 58.9 Å². The van der Waals surface area contributed by atoms with Gasteiger partial charge in [0.15, 0.2) is 0 Å². The number of hydrogen-bond acceptors (Lipinski definition) is 1. The highest BCUT2D eigenvalue weighted by Gasteiger charge is 2.28. The van der Waals surface area contributed by atoms with E-state index in [2.05, 4.69) is 5.32 Å². The molecule has 0 aromatic heterocycles. The SMILES string of the molecule is C[C@@H]1CCc2cc(F)ccc2N1C(=O)Nc1cccc(Cl)c1. The van der Waals surface area contributed by atoms with Gasteiger partial charge < -0.3 is 5.32 Å². The summed E-state index contributed by atoms with van der Waals surface area (Å²) in [6.07, 6.45) is 1.58. The zero-order chi connectivity index (χ0) is 15.7. The lowest BCUT2D eigenvalue weighted by Gasteiger charge is -2.35. The molecule has 0 saturated heterocycles. The van der Waals surface area contributed by atoms with Crippen LogP contribution >= 0.6 is 11.6 Å². The summed E-state index contributed by atoms with van der Waals surface area (Å²) in [5.41, 5.74) is 2.26. The number of urea groups is 1. The van der Waals surface area contributed by atoms with E-state index in [1.165, 1.54) is 12.1 Å². The fraction of sp³-hybridized carbons (Fsp3) is 0.235. The number of anilines is 2. The second-order valence-electron chi connectivity index (χ2n) is 5.47.